The third-order valence-electron chi connectivity index (χ3n) is 3.58. The number of benzene rings is 1. The average molecular weight is 234 g/mol. The van der Waals surface area contributed by atoms with Crippen LogP contribution in [0.4, 0.5) is 0 Å². The summed E-state index contributed by atoms with van der Waals surface area (Å²) in [6.45, 7) is 4.99. The number of hydrogen-bond donors (Lipinski definition) is 1. The first-order valence-corrected chi connectivity index (χ1v) is 6.52. The summed E-state index contributed by atoms with van der Waals surface area (Å²) in [4.78, 5) is 0. The van der Waals surface area contributed by atoms with E-state index in [9.17, 15) is 5.11 Å². The van der Waals surface area contributed by atoms with E-state index in [4.69, 9.17) is 4.74 Å². The van der Waals surface area contributed by atoms with Crippen LogP contribution in [0.5, 0.6) is 0 Å². The summed E-state index contributed by atoms with van der Waals surface area (Å²) < 4.78 is 5.63. The highest BCUT2D eigenvalue weighted by molar-refractivity contribution is 5.31. The molecule has 1 aromatic carbocycles. The molecule has 1 aliphatic rings. The molecule has 0 saturated carbocycles. The molecule has 0 bridgehead atoms. The first kappa shape index (κ1) is 12.6. The lowest BCUT2D eigenvalue weighted by Gasteiger charge is -2.27. The summed E-state index contributed by atoms with van der Waals surface area (Å²) in [6, 6.07) is 6.41. The molecule has 1 fully saturated rings. The van der Waals surface area contributed by atoms with Gasteiger partial charge in [0.2, 0.25) is 0 Å². The molecule has 0 amide bonds. The largest absolute Gasteiger partial charge is 0.390 e. The molecule has 0 spiro atoms. The Labute approximate surface area is 104 Å². The molecule has 94 valence electrons. The Hall–Kier alpha value is -0.860. The number of aliphatic hydroxyl groups excluding tert-OH is 1. The van der Waals surface area contributed by atoms with E-state index in [0.29, 0.717) is 6.42 Å². The van der Waals surface area contributed by atoms with E-state index in [1.165, 1.54) is 23.1 Å². The van der Waals surface area contributed by atoms with Gasteiger partial charge in [0.25, 0.3) is 0 Å². The molecule has 2 atom stereocenters. The van der Waals surface area contributed by atoms with Gasteiger partial charge < -0.3 is 9.84 Å². The van der Waals surface area contributed by atoms with Gasteiger partial charge in [0.1, 0.15) is 0 Å². The minimum Gasteiger partial charge on any atom is -0.390 e. The SMILES string of the molecule is Cc1ccc(C)c(CC(O)C2CCCCO2)c1. The molecule has 2 rings (SSSR count). The monoisotopic (exact) mass is 234 g/mol. The number of rotatable bonds is 3. The standard InChI is InChI=1S/C15H22O2/c1-11-6-7-12(2)13(9-11)10-14(16)15-5-3-4-8-17-15/h6-7,9,14-16H,3-5,8,10H2,1-2H3. The molecule has 1 N–H and O–H groups in total. The molecular weight excluding hydrogens is 212 g/mol. The molecule has 1 heterocycles. The fourth-order valence-electron chi connectivity index (χ4n) is 2.45. The van der Waals surface area contributed by atoms with E-state index < -0.39 is 0 Å². The predicted octanol–water partition coefficient (Wildman–Crippen LogP) is 2.78. The Bertz CT molecular complexity index is 367. The van der Waals surface area contributed by atoms with Crippen LogP contribution in [0.3, 0.4) is 0 Å². The van der Waals surface area contributed by atoms with Crippen molar-refractivity contribution in [3.05, 3.63) is 34.9 Å². The van der Waals surface area contributed by atoms with Gasteiger partial charge in [-0.15, -0.1) is 0 Å². The number of hydrogen-bond acceptors (Lipinski definition) is 2. The summed E-state index contributed by atoms with van der Waals surface area (Å²) in [5.74, 6) is 0. The number of aryl methyl sites for hydroxylation is 2. The van der Waals surface area contributed by atoms with Crippen molar-refractivity contribution < 1.29 is 9.84 Å². The minimum absolute atomic E-state index is 0.0312. The third kappa shape index (κ3) is 3.30. The predicted molar refractivity (Wildman–Crippen MR) is 69.2 cm³/mol. The molecule has 2 heteroatoms. The van der Waals surface area contributed by atoms with Crippen molar-refractivity contribution in [1.29, 1.82) is 0 Å². The van der Waals surface area contributed by atoms with Crippen molar-refractivity contribution in [3.8, 4) is 0 Å². The first-order chi connectivity index (χ1) is 8.16. The lowest BCUT2D eigenvalue weighted by Crippen LogP contribution is -2.33. The summed E-state index contributed by atoms with van der Waals surface area (Å²) in [5.41, 5.74) is 3.75. The molecule has 1 aliphatic heterocycles. The van der Waals surface area contributed by atoms with Crippen LogP contribution in [-0.2, 0) is 11.2 Å². The van der Waals surface area contributed by atoms with E-state index in [0.717, 1.165) is 19.4 Å². The van der Waals surface area contributed by atoms with Crippen molar-refractivity contribution in [2.45, 2.75) is 51.7 Å². The van der Waals surface area contributed by atoms with Crippen molar-refractivity contribution in [2.24, 2.45) is 0 Å². The van der Waals surface area contributed by atoms with Crippen molar-refractivity contribution in [3.63, 3.8) is 0 Å². The fourth-order valence-corrected chi connectivity index (χ4v) is 2.45. The molecule has 0 radical (unpaired) electrons. The van der Waals surface area contributed by atoms with Gasteiger partial charge in [0, 0.05) is 13.0 Å². The topological polar surface area (TPSA) is 29.5 Å². The van der Waals surface area contributed by atoms with Gasteiger partial charge >= 0.3 is 0 Å². The van der Waals surface area contributed by atoms with E-state index in [1.54, 1.807) is 0 Å². The second kappa shape index (κ2) is 5.65. The second-order valence-corrected chi connectivity index (χ2v) is 5.11. The zero-order valence-electron chi connectivity index (χ0n) is 10.8. The average Bonchev–Trinajstić information content (AvgIpc) is 2.35. The van der Waals surface area contributed by atoms with Gasteiger partial charge in [-0.2, -0.15) is 0 Å². The lowest BCUT2D eigenvalue weighted by molar-refractivity contribution is -0.0611. The highest BCUT2D eigenvalue weighted by Crippen LogP contribution is 2.20. The number of aliphatic hydroxyl groups is 1. The van der Waals surface area contributed by atoms with Crippen LogP contribution in [0.25, 0.3) is 0 Å². The van der Waals surface area contributed by atoms with Crippen LogP contribution in [-0.4, -0.2) is 23.9 Å². The minimum atomic E-state index is -0.365. The Balaban J connectivity index is 2.01. The van der Waals surface area contributed by atoms with Gasteiger partial charge in [-0.05, 0) is 44.2 Å². The van der Waals surface area contributed by atoms with Crippen LogP contribution in [0.1, 0.15) is 36.0 Å². The zero-order chi connectivity index (χ0) is 12.3. The summed E-state index contributed by atoms with van der Waals surface area (Å²) in [6.07, 6.45) is 3.67. The molecule has 17 heavy (non-hydrogen) atoms. The Morgan fingerprint density at radius 3 is 2.88 bits per heavy atom. The van der Waals surface area contributed by atoms with Crippen LogP contribution in [0, 0.1) is 13.8 Å². The molecule has 1 saturated heterocycles. The lowest BCUT2D eigenvalue weighted by atomic mass is 9.95. The first-order valence-electron chi connectivity index (χ1n) is 6.52. The maximum atomic E-state index is 10.2. The summed E-state index contributed by atoms with van der Waals surface area (Å²) >= 11 is 0. The normalized spacial score (nSPS) is 22.4. The van der Waals surface area contributed by atoms with Crippen LogP contribution in [0.2, 0.25) is 0 Å². The second-order valence-electron chi connectivity index (χ2n) is 5.11. The number of ether oxygens (including phenoxy) is 1. The van der Waals surface area contributed by atoms with Gasteiger partial charge in [-0.1, -0.05) is 23.8 Å². The quantitative estimate of drug-likeness (QED) is 0.871. The zero-order valence-corrected chi connectivity index (χ0v) is 10.8. The van der Waals surface area contributed by atoms with E-state index >= 15 is 0 Å². The molecular formula is C15H22O2. The van der Waals surface area contributed by atoms with Crippen molar-refractivity contribution in [1.82, 2.24) is 0 Å². The molecule has 2 unspecified atom stereocenters. The van der Waals surface area contributed by atoms with Crippen LogP contribution >= 0.6 is 0 Å². The molecule has 0 aliphatic carbocycles. The van der Waals surface area contributed by atoms with E-state index in [2.05, 4.69) is 32.0 Å². The maximum absolute atomic E-state index is 10.2. The Morgan fingerprint density at radius 1 is 1.35 bits per heavy atom. The maximum Gasteiger partial charge on any atom is 0.0842 e. The van der Waals surface area contributed by atoms with Crippen molar-refractivity contribution >= 4 is 0 Å². The van der Waals surface area contributed by atoms with E-state index in [1.807, 2.05) is 0 Å². The summed E-state index contributed by atoms with van der Waals surface area (Å²) in [5, 5.41) is 10.2. The van der Waals surface area contributed by atoms with Crippen LogP contribution < -0.4 is 0 Å². The van der Waals surface area contributed by atoms with Crippen LogP contribution in [0.15, 0.2) is 18.2 Å². The molecule has 0 aromatic heterocycles. The van der Waals surface area contributed by atoms with Crippen molar-refractivity contribution in [2.75, 3.05) is 6.61 Å². The highest BCUT2D eigenvalue weighted by Gasteiger charge is 2.23. The van der Waals surface area contributed by atoms with Gasteiger partial charge in [0.15, 0.2) is 0 Å². The van der Waals surface area contributed by atoms with Gasteiger partial charge in [0.05, 0.1) is 12.2 Å². The Kier molecular flexibility index (Phi) is 4.19. The molecule has 2 nitrogen and oxygen atoms in total. The molecule has 1 aromatic rings. The smallest absolute Gasteiger partial charge is 0.0842 e. The third-order valence-corrected chi connectivity index (χ3v) is 3.58. The fraction of sp³-hybridized carbons (Fsp3) is 0.600. The highest BCUT2D eigenvalue weighted by atomic mass is 16.5. The van der Waals surface area contributed by atoms with E-state index in [-0.39, 0.29) is 12.2 Å². The summed E-state index contributed by atoms with van der Waals surface area (Å²) in [7, 11) is 0. The Morgan fingerprint density at radius 2 is 2.18 bits per heavy atom. The van der Waals surface area contributed by atoms with Gasteiger partial charge in [-0.3, -0.25) is 0 Å². The van der Waals surface area contributed by atoms with Gasteiger partial charge in [-0.25, -0.2) is 0 Å².